The summed E-state index contributed by atoms with van der Waals surface area (Å²) in [6.07, 6.45) is 4.52. The molecule has 1 atom stereocenters. The SMILES string of the molecule is CC1(C)[C@H](NC(=O)c2ccc(N3CCN(CCCCCOc4ccc5c(c4)CC(=O)N(C4CCC(=O)NC4=O)C5=O)CC3)nc2)C(C)(C)[C@H]1Oc1ccc(C#N)c(Cl)c1. The Morgan fingerprint density at radius 2 is 1.71 bits per heavy atom. The first-order chi connectivity index (χ1) is 28.2. The van der Waals surface area contributed by atoms with E-state index in [1.54, 1.807) is 42.6 Å². The van der Waals surface area contributed by atoms with E-state index >= 15 is 0 Å². The maximum Gasteiger partial charge on any atom is 0.261 e. The third-order valence-corrected chi connectivity index (χ3v) is 12.5. The van der Waals surface area contributed by atoms with Gasteiger partial charge in [-0.1, -0.05) is 39.3 Å². The molecule has 7 rings (SSSR count). The van der Waals surface area contributed by atoms with Crippen molar-refractivity contribution < 1.29 is 33.4 Å². The lowest BCUT2D eigenvalue weighted by Gasteiger charge is -2.63. The van der Waals surface area contributed by atoms with E-state index in [1.165, 1.54) is 0 Å². The van der Waals surface area contributed by atoms with Gasteiger partial charge in [-0.05, 0) is 80.3 Å². The normalized spacial score (nSPS) is 22.5. The van der Waals surface area contributed by atoms with Crippen LogP contribution in [0.5, 0.6) is 11.5 Å². The van der Waals surface area contributed by atoms with Gasteiger partial charge in [0.1, 0.15) is 35.5 Å². The second-order valence-electron chi connectivity index (χ2n) is 17.0. The van der Waals surface area contributed by atoms with Crippen molar-refractivity contribution in [2.75, 3.05) is 44.2 Å². The van der Waals surface area contributed by atoms with E-state index in [0.29, 0.717) is 45.4 Å². The summed E-state index contributed by atoms with van der Waals surface area (Å²) in [7, 11) is 0. The second-order valence-corrected chi connectivity index (χ2v) is 17.4. The molecule has 14 nitrogen and oxygen atoms in total. The van der Waals surface area contributed by atoms with E-state index in [9.17, 15) is 29.2 Å². The first-order valence-corrected chi connectivity index (χ1v) is 20.6. The van der Waals surface area contributed by atoms with E-state index < -0.39 is 29.7 Å². The standard InChI is InChI=1S/C44H50ClN7O7/c1-43(2)41(44(3,4)42(43)59-31-10-8-27(25-46)33(45)24-31)49-38(55)28-9-14-35(47-26-28)51-19-17-50(18-20-51)16-6-5-7-21-58-30-11-12-32-29(22-30)23-37(54)52(40(32)57)34-13-15-36(53)48-39(34)56/h8-12,14,22,24,26,34,41-42H,5-7,13,15-21,23H2,1-4H3,(H,49,55)(H,48,53,56)/t34?,41-,42-. The number of hydrogen-bond acceptors (Lipinski definition) is 11. The fourth-order valence-electron chi connectivity index (χ4n) is 9.27. The summed E-state index contributed by atoms with van der Waals surface area (Å²) >= 11 is 6.24. The molecule has 3 fully saturated rings. The van der Waals surface area contributed by atoms with Gasteiger partial charge in [0.2, 0.25) is 17.7 Å². The molecule has 2 N–H and O–H groups in total. The summed E-state index contributed by atoms with van der Waals surface area (Å²) in [4.78, 5) is 73.7. The van der Waals surface area contributed by atoms with Gasteiger partial charge >= 0.3 is 0 Å². The Bertz CT molecular complexity index is 2160. The molecule has 3 aromatic rings. The number of fused-ring (bicyclic) bond motifs is 1. The van der Waals surface area contributed by atoms with Crippen LogP contribution in [0, 0.1) is 22.2 Å². The molecule has 1 aliphatic carbocycles. The fraction of sp³-hybridized carbons (Fsp3) is 0.477. The van der Waals surface area contributed by atoms with Crippen molar-refractivity contribution in [3.05, 3.63) is 82.0 Å². The zero-order chi connectivity index (χ0) is 42.1. The number of carbonyl (C=O) groups is 5. The Morgan fingerprint density at radius 1 is 0.966 bits per heavy atom. The highest BCUT2D eigenvalue weighted by atomic mass is 35.5. The van der Waals surface area contributed by atoms with Gasteiger partial charge < -0.3 is 19.7 Å². The number of anilines is 1. The first-order valence-electron chi connectivity index (χ1n) is 20.2. The van der Waals surface area contributed by atoms with E-state index in [4.69, 9.17) is 21.1 Å². The number of unbranched alkanes of at least 4 members (excludes halogenated alkanes) is 2. The third-order valence-electron chi connectivity index (χ3n) is 12.2. The average molecular weight is 824 g/mol. The van der Waals surface area contributed by atoms with Crippen LogP contribution in [0.4, 0.5) is 5.82 Å². The van der Waals surface area contributed by atoms with Crippen molar-refractivity contribution in [3.8, 4) is 17.6 Å². The summed E-state index contributed by atoms with van der Waals surface area (Å²) in [5, 5.41) is 15.0. The molecule has 5 amide bonds. The summed E-state index contributed by atoms with van der Waals surface area (Å²) in [5.41, 5.74) is 1.09. The largest absolute Gasteiger partial charge is 0.494 e. The summed E-state index contributed by atoms with van der Waals surface area (Å²) < 4.78 is 12.3. The smallest absolute Gasteiger partial charge is 0.261 e. The van der Waals surface area contributed by atoms with Crippen molar-refractivity contribution in [2.24, 2.45) is 10.8 Å². The summed E-state index contributed by atoms with van der Waals surface area (Å²) in [6.45, 7) is 13.3. The number of aromatic nitrogens is 1. The van der Waals surface area contributed by atoms with Crippen LogP contribution in [0.25, 0.3) is 0 Å². The van der Waals surface area contributed by atoms with Gasteiger partial charge in [-0.2, -0.15) is 5.26 Å². The molecule has 310 valence electrons. The Kier molecular flexibility index (Phi) is 12.0. The first kappa shape index (κ1) is 41.6. The number of imide groups is 2. The van der Waals surface area contributed by atoms with Crippen LogP contribution < -0.4 is 25.0 Å². The zero-order valence-corrected chi connectivity index (χ0v) is 34.6. The Morgan fingerprint density at radius 3 is 2.39 bits per heavy atom. The number of rotatable bonds is 13. The molecule has 4 aliphatic rings. The zero-order valence-electron chi connectivity index (χ0n) is 33.9. The van der Waals surface area contributed by atoms with Crippen LogP contribution in [-0.2, 0) is 20.8 Å². The monoisotopic (exact) mass is 823 g/mol. The number of ether oxygens (including phenoxy) is 2. The molecule has 59 heavy (non-hydrogen) atoms. The quantitative estimate of drug-likeness (QED) is 0.177. The Hall–Kier alpha value is -5.52. The average Bonchev–Trinajstić information content (AvgIpc) is 3.21. The lowest BCUT2D eigenvalue weighted by molar-refractivity contribution is -0.164. The minimum atomic E-state index is -0.974. The molecule has 1 aromatic heterocycles. The molecule has 3 aliphatic heterocycles. The molecule has 4 heterocycles. The van der Waals surface area contributed by atoms with Crippen molar-refractivity contribution in [2.45, 2.75) is 84.4 Å². The van der Waals surface area contributed by atoms with Gasteiger partial charge in [-0.15, -0.1) is 0 Å². The molecule has 2 saturated heterocycles. The third kappa shape index (κ3) is 8.63. The number of piperidine rings is 1. The second kappa shape index (κ2) is 17.0. The number of nitrogens with one attached hydrogen (secondary N) is 2. The van der Waals surface area contributed by atoms with Crippen molar-refractivity contribution in [1.82, 2.24) is 25.4 Å². The van der Waals surface area contributed by atoms with Crippen LogP contribution in [0.1, 0.15) is 91.6 Å². The van der Waals surface area contributed by atoms with Crippen LogP contribution >= 0.6 is 11.6 Å². The summed E-state index contributed by atoms with van der Waals surface area (Å²) in [6, 6.07) is 14.8. The van der Waals surface area contributed by atoms with Crippen molar-refractivity contribution >= 4 is 47.0 Å². The minimum absolute atomic E-state index is 0.0161. The number of amides is 5. The maximum atomic E-state index is 13.4. The van der Waals surface area contributed by atoms with E-state index in [0.717, 1.165) is 62.7 Å². The highest BCUT2D eigenvalue weighted by Gasteiger charge is 2.64. The number of nitrogens with zero attached hydrogens (tertiary/aromatic N) is 5. The lowest BCUT2D eigenvalue weighted by Crippen LogP contribution is -2.74. The van der Waals surface area contributed by atoms with Gasteiger partial charge in [-0.25, -0.2) is 4.98 Å². The topological polar surface area (TPSA) is 174 Å². The number of nitriles is 1. The van der Waals surface area contributed by atoms with Crippen molar-refractivity contribution in [1.29, 1.82) is 5.26 Å². The van der Waals surface area contributed by atoms with Gasteiger partial charge in [0, 0.05) is 67.3 Å². The highest BCUT2D eigenvalue weighted by Crippen LogP contribution is 2.55. The van der Waals surface area contributed by atoms with E-state index in [1.807, 2.05) is 12.1 Å². The van der Waals surface area contributed by atoms with Crippen LogP contribution in [0.3, 0.4) is 0 Å². The minimum Gasteiger partial charge on any atom is -0.494 e. The number of benzene rings is 2. The molecule has 0 radical (unpaired) electrons. The molecule has 1 saturated carbocycles. The molecular formula is C44H50ClN7O7. The Balaban J connectivity index is 0.803. The van der Waals surface area contributed by atoms with E-state index in [2.05, 4.69) is 59.2 Å². The van der Waals surface area contributed by atoms with Crippen molar-refractivity contribution in [3.63, 3.8) is 0 Å². The molecule has 1 unspecified atom stereocenters. The number of carbonyl (C=O) groups excluding carboxylic acids is 5. The van der Waals surface area contributed by atoms with Crippen LogP contribution in [0.2, 0.25) is 5.02 Å². The predicted molar refractivity (Wildman–Crippen MR) is 219 cm³/mol. The fourth-order valence-corrected chi connectivity index (χ4v) is 9.48. The van der Waals surface area contributed by atoms with Gasteiger partial charge in [0.15, 0.2) is 0 Å². The lowest BCUT2D eigenvalue weighted by atomic mass is 9.49. The molecule has 0 spiro atoms. The molecule has 0 bridgehead atoms. The number of hydrogen-bond donors (Lipinski definition) is 2. The molecule has 15 heteroatoms. The van der Waals surface area contributed by atoms with Gasteiger partial charge in [0.05, 0.1) is 29.2 Å². The van der Waals surface area contributed by atoms with Crippen LogP contribution in [0.15, 0.2) is 54.7 Å². The predicted octanol–water partition coefficient (Wildman–Crippen LogP) is 4.92. The number of pyridine rings is 1. The maximum absolute atomic E-state index is 13.4. The highest BCUT2D eigenvalue weighted by molar-refractivity contribution is 6.31. The number of halogens is 1. The van der Waals surface area contributed by atoms with Gasteiger partial charge in [-0.3, -0.25) is 39.1 Å². The summed E-state index contributed by atoms with van der Waals surface area (Å²) in [5.74, 6) is -0.161. The number of piperazine rings is 1. The van der Waals surface area contributed by atoms with E-state index in [-0.39, 0.29) is 48.1 Å². The van der Waals surface area contributed by atoms with Crippen LogP contribution in [-0.4, -0.2) is 102 Å². The van der Waals surface area contributed by atoms with Gasteiger partial charge in [0.25, 0.3) is 11.8 Å². The molecule has 2 aromatic carbocycles. The molecular weight excluding hydrogens is 774 g/mol. The Labute approximate surface area is 349 Å².